The van der Waals surface area contributed by atoms with Gasteiger partial charge in [0.25, 0.3) is 0 Å². The summed E-state index contributed by atoms with van der Waals surface area (Å²) in [5, 5.41) is 13.8. The maximum Gasteiger partial charge on any atom is 0.237 e. The molecule has 0 atom stereocenters. The number of aromatic nitrogens is 5. The van der Waals surface area contributed by atoms with E-state index in [1.54, 1.807) is 11.8 Å². The lowest BCUT2D eigenvalue weighted by atomic mass is 9.90. The van der Waals surface area contributed by atoms with Gasteiger partial charge in [0.15, 0.2) is 11.0 Å². The van der Waals surface area contributed by atoms with Crippen molar-refractivity contribution in [1.29, 1.82) is 0 Å². The Balaban J connectivity index is 1.32. The second kappa shape index (κ2) is 8.07. The molecule has 1 aliphatic rings. The number of fused-ring (bicyclic) bond motifs is 1. The molecule has 0 fully saturated rings. The average molecular weight is 418 g/mol. The maximum absolute atomic E-state index is 5.45. The summed E-state index contributed by atoms with van der Waals surface area (Å²) in [6, 6.07) is 14.7. The van der Waals surface area contributed by atoms with E-state index in [4.69, 9.17) is 4.52 Å². The molecule has 0 amide bonds. The van der Waals surface area contributed by atoms with E-state index < -0.39 is 0 Å². The Morgan fingerprint density at radius 3 is 2.73 bits per heavy atom. The van der Waals surface area contributed by atoms with Crippen molar-refractivity contribution >= 4 is 11.8 Å². The van der Waals surface area contributed by atoms with Crippen LogP contribution in [-0.2, 0) is 25.6 Å². The molecule has 2 heterocycles. The summed E-state index contributed by atoms with van der Waals surface area (Å²) in [5.41, 5.74) is 6.16. The van der Waals surface area contributed by atoms with E-state index in [0.717, 1.165) is 34.1 Å². The van der Waals surface area contributed by atoms with Crippen molar-refractivity contribution in [1.82, 2.24) is 24.9 Å². The van der Waals surface area contributed by atoms with E-state index in [1.807, 2.05) is 42.8 Å². The van der Waals surface area contributed by atoms with Crippen LogP contribution < -0.4 is 0 Å². The molecule has 0 saturated heterocycles. The molecule has 30 heavy (non-hydrogen) atoms. The summed E-state index contributed by atoms with van der Waals surface area (Å²) < 4.78 is 7.49. The van der Waals surface area contributed by atoms with Crippen LogP contribution in [0.25, 0.3) is 22.8 Å². The highest BCUT2D eigenvalue weighted by molar-refractivity contribution is 7.98. The molecule has 0 aliphatic heterocycles. The fraction of sp³-hybridized carbons (Fsp3) is 0.304. The lowest BCUT2D eigenvalue weighted by molar-refractivity contribution is 0.391. The molecular weight excluding hydrogens is 394 g/mol. The zero-order valence-corrected chi connectivity index (χ0v) is 17.9. The van der Waals surface area contributed by atoms with Crippen LogP contribution in [0.5, 0.6) is 0 Å². The first-order valence-corrected chi connectivity index (χ1v) is 11.2. The zero-order valence-electron chi connectivity index (χ0n) is 17.1. The molecule has 0 N–H and O–H groups in total. The fourth-order valence-electron chi connectivity index (χ4n) is 3.94. The van der Waals surface area contributed by atoms with Gasteiger partial charge in [0.1, 0.15) is 0 Å². The third-order valence-corrected chi connectivity index (χ3v) is 6.63. The molecule has 0 radical (unpaired) electrons. The number of rotatable bonds is 5. The summed E-state index contributed by atoms with van der Waals surface area (Å²) in [6.07, 6.45) is 4.90. The van der Waals surface area contributed by atoms with Crippen LogP contribution in [0.1, 0.15) is 35.4 Å². The smallest absolute Gasteiger partial charge is 0.237 e. The standard InChI is InChI=1S/C23H23N5OS/c1-15-7-3-6-10-19(15)21-24-20(29-27-21)14-30-23-26-25-22(28(23)2)18-12-11-16-8-4-5-9-17(16)13-18/h3,6-7,10-13H,4-5,8-9,14H2,1-2H3. The van der Waals surface area contributed by atoms with Crippen molar-refractivity contribution in [3.05, 3.63) is 65.0 Å². The number of hydrogen-bond donors (Lipinski definition) is 0. The summed E-state index contributed by atoms with van der Waals surface area (Å²) in [6.45, 7) is 2.04. The number of benzene rings is 2. The molecule has 1 aliphatic carbocycles. The van der Waals surface area contributed by atoms with Gasteiger partial charge in [-0.3, -0.25) is 0 Å². The summed E-state index contributed by atoms with van der Waals surface area (Å²) in [7, 11) is 2.00. The number of aryl methyl sites for hydroxylation is 3. The van der Waals surface area contributed by atoms with E-state index in [2.05, 4.69) is 38.5 Å². The summed E-state index contributed by atoms with van der Waals surface area (Å²) in [5.74, 6) is 2.64. The minimum atomic E-state index is 0.551. The van der Waals surface area contributed by atoms with Crippen molar-refractivity contribution in [2.75, 3.05) is 0 Å². The topological polar surface area (TPSA) is 69.6 Å². The molecule has 2 aromatic heterocycles. The Morgan fingerprint density at radius 1 is 1.03 bits per heavy atom. The molecule has 0 bridgehead atoms. The van der Waals surface area contributed by atoms with Gasteiger partial charge in [0, 0.05) is 18.2 Å². The Morgan fingerprint density at radius 2 is 1.87 bits per heavy atom. The second-order valence-corrected chi connectivity index (χ2v) is 8.61. The Labute approximate surface area is 179 Å². The largest absolute Gasteiger partial charge is 0.338 e. The van der Waals surface area contributed by atoms with Crippen LogP contribution in [0.2, 0.25) is 0 Å². The van der Waals surface area contributed by atoms with E-state index in [1.165, 1.54) is 30.4 Å². The third-order valence-electron chi connectivity index (χ3n) is 5.62. The minimum absolute atomic E-state index is 0.551. The van der Waals surface area contributed by atoms with Gasteiger partial charge in [-0.25, -0.2) is 0 Å². The zero-order chi connectivity index (χ0) is 20.5. The molecule has 4 aromatic rings. The molecule has 0 saturated carbocycles. The molecule has 7 heteroatoms. The van der Waals surface area contributed by atoms with Gasteiger partial charge in [-0.05, 0) is 55.4 Å². The van der Waals surface area contributed by atoms with Crippen LogP contribution in [0.3, 0.4) is 0 Å². The molecule has 0 unspecified atom stereocenters. The maximum atomic E-state index is 5.45. The summed E-state index contributed by atoms with van der Waals surface area (Å²) >= 11 is 1.55. The monoisotopic (exact) mass is 417 g/mol. The van der Waals surface area contributed by atoms with E-state index in [0.29, 0.717) is 17.5 Å². The highest BCUT2D eigenvalue weighted by atomic mass is 32.2. The van der Waals surface area contributed by atoms with E-state index >= 15 is 0 Å². The number of hydrogen-bond acceptors (Lipinski definition) is 6. The van der Waals surface area contributed by atoms with Crippen LogP contribution in [0.4, 0.5) is 0 Å². The van der Waals surface area contributed by atoms with Gasteiger partial charge in [-0.15, -0.1) is 10.2 Å². The highest BCUT2D eigenvalue weighted by Gasteiger charge is 2.16. The van der Waals surface area contributed by atoms with Crippen molar-refractivity contribution in [3.8, 4) is 22.8 Å². The van der Waals surface area contributed by atoms with Crippen LogP contribution in [0, 0.1) is 6.92 Å². The normalized spacial score (nSPS) is 13.4. The van der Waals surface area contributed by atoms with Gasteiger partial charge in [0.2, 0.25) is 11.7 Å². The van der Waals surface area contributed by atoms with Crippen molar-refractivity contribution < 1.29 is 4.52 Å². The lowest BCUT2D eigenvalue weighted by Crippen LogP contribution is -2.03. The predicted octanol–water partition coefficient (Wildman–Crippen LogP) is 5.01. The lowest BCUT2D eigenvalue weighted by Gasteiger charge is -2.16. The Bertz CT molecular complexity index is 1200. The molecular formula is C23H23N5OS. The number of nitrogens with zero attached hydrogens (tertiary/aromatic N) is 5. The van der Waals surface area contributed by atoms with Gasteiger partial charge in [-0.1, -0.05) is 53.3 Å². The first-order chi connectivity index (χ1) is 14.7. The van der Waals surface area contributed by atoms with Gasteiger partial charge in [0.05, 0.1) is 5.75 Å². The SMILES string of the molecule is Cc1ccccc1-c1noc(CSc2nnc(-c3ccc4c(c3)CCCC4)n2C)n1. The molecule has 2 aromatic carbocycles. The molecule has 6 nitrogen and oxygen atoms in total. The van der Waals surface area contributed by atoms with Crippen molar-refractivity contribution in [3.63, 3.8) is 0 Å². The van der Waals surface area contributed by atoms with E-state index in [-0.39, 0.29) is 0 Å². The van der Waals surface area contributed by atoms with E-state index in [9.17, 15) is 0 Å². The fourth-order valence-corrected chi connectivity index (χ4v) is 4.69. The van der Waals surface area contributed by atoms with Crippen LogP contribution in [-0.4, -0.2) is 24.9 Å². The van der Waals surface area contributed by atoms with Crippen LogP contribution in [0.15, 0.2) is 52.1 Å². The molecule has 152 valence electrons. The van der Waals surface area contributed by atoms with Gasteiger partial charge >= 0.3 is 0 Å². The van der Waals surface area contributed by atoms with Crippen molar-refractivity contribution in [2.24, 2.45) is 7.05 Å². The summed E-state index contributed by atoms with van der Waals surface area (Å²) in [4.78, 5) is 4.54. The predicted molar refractivity (Wildman–Crippen MR) is 117 cm³/mol. The quantitative estimate of drug-likeness (QED) is 0.425. The first kappa shape index (κ1) is 19.1. The van der Waals surface area contributed by atoms with Gasteiger partial charge < -0.3 is 9.09 Å². The Kier molecular flexibility index (Phi) is 5.12. The third kappa shape index (κ3) is 3.65. The minimum Gasteiger partial charge on any atom is -0.338 e. The van der Waals surface area contributed by atoms with Gasteiger partial charge in [-0.2, -0.15) is 4.98 Å². The second-order valence-electron chi connectivity index (χ2n) is 7.67. The first-order valence-electron chi connectivity index (χ1n) is 10.2. The molecule has 0 spiro atoms. The van der Waals surface area contributed by atoms with Crippen LogP contribution >= 0.6 is 11.8 Å². The Hall–Kier alpha value is -2.93. The van der Waals surface area contributed by atoms with Crippen molar-refractivity contribution in [2.45, 2.75) is 43.5 Å². The molecule has 5 rings (SSSR count). The highest BCUT2D eigenvalue weighted by Crippen LogP contribution is 2.29. The average Bonchev–Trinajstić information content (AvgIpc) is 3.39. The number of thioether (sulfide) groups is 1.